The summed E-state index contributed by atoms with van der Waals surface area (Å²) in [6.07, 6.45) is 0. The summed E-state index contributed by atoms with van der Waals surface area (Å²) in [5.74, 6) is 0.978. The molecule has 0 saturated heterocycles. The van der Waals surface area contributed by atoms with Crippen LogP contribution < -0.4 is 0 Å². The predicted octanol–water partition coefficient (Wildman–Crippen LogP) is 10.6. The van der Waals surface area contributed by atoms with Crippen LogP contribution in [0, 0.1) is 6.92 Å². The molecule has 198 valence electrons. The van der Waals surface area contributed by atoms with Crippen molar-refractivity contribution in [2.75, 3.05) is 0 Å². The summed E-state index contributed by atoms with van der Waals surface area (Å²) >= 11 is 0. The fourth-order valence-corrected chi connectivity index (χ4v) is 6.54. The molecule has 0 N–H and O–H groups in total. The first-order valence-electron chi connectivity index (χ1n) is 14.4. The van der Waals surface area contributed by atoms with Crippen molar-refractivity contribution < 1.29 is 0 Å². The third-order valence-corrected chi connectivity index (χ3v) is 8.33. The predicted molar refractivity (Wildman–Crippen MR) is 177 cm³/mol. The Morgan fingerprint density at radius 2 is 1.00 bits per heavy atom. The molecule has 0 radical (unpaired) electrons. The molecule has 1 aromatic heterocycles. The zero-order valence-corrected chi connectivity index (χ0v) is 23.3. The van der Waals surface area contributed by atoms with Gasteiger partial charge in [0.05, 0.1) is 16.7 Å². The summed E-state index contributed by atoms with van der Waals surface area (Å²) in [6, 6.07) is 54.5. The highest BCUT2D eigenvalue weighted by atomic mass is 15.1. The third-order valence-electron chi connectivity index (χ3n) is 8.33. The van der Waals surface area contributed by atoms with Crippen LogP contribution in [-0.4, -0.2) is 9.55 Å². The van der Waals surface area contributed by atoms with E-state index in [1.807, 2.05) is 6.07 Å². The number of nitrogens with zero attached hydrogens (tertiary/aromatic N) is 2. The van der Waals surface area contributed by atoms with Crippen molar-refractivity contribution in [2.24, 2.45) is 0 Å². The molecule has 0 aliphatic rings. The Labute approximate surface area is 245 Å². The summed E-state index contributed by atoms with van der Waals surface area (Å²) in [7, 11) is 0. The van der Waals surface area contributed by atoms with Crippen molar-refractivity contribution in [2.45, 2.75) is 6.92 Å². The fourth-order valence-electron chi connectivity index (χ4n) is 6.54. The molecule has 0 amide bonds. The van der Waals surface area contributed by atoms with Gasteiger partial charge in [-0.1, -0.05) is 127 Å². The molecule has 1 heterocycles. The van der Waals surface area contributed by atoms with Gasteiger partial charge in [0.2, 0.25) is 0 Å². The second-order valence-corrected chi connectivity index (χ2v) is 10.8. The van der Waals surface area contributed by atoms with Crippen molar-refractivity contribution in [3.8, 4) is 39.1 Å². The van der Waals surface area contributed by atoms with Gasteiger partial charge in [-0.15, -0.1) is 0 Å². The number of hydrogen-bond acceptors (Lipinski definition) is 1. The van der Waals surface area contributed by atoms with E-state index in [1.54, 1.807) is 0 Å². The van der Waals surface area contributed by atoms with Gasteiger partial charge in [0.1, 0.15) is 5.82 Å². The van der Waals surface area contributed by atoms with Crippen LogP contribution in [0.2, 0.25) is 0 Å². The molecular weight excluding hydrogens is 508 g/mol. The van der Waals surface area contributed by atoms with E-state index in [0.29, 0.717) is 0 Å². The topological polar surface area (TPSA) is 17.8 Å². The van der Waals surface area contributed by atoms with Gasteiger partial charge in [0.15, 0.2) is 0 Å². The minimum Gasteiger partial charge on any atom is -0.296 e. The maximum absolute atomic E-state index is 4.87. The lowest BCUT2D eigenvalue weighted by molar-refractivity contribution is 1.00. The van der Waals surface area contributed by atoms with Gasteiger partial charge in [-0.05, 0) is 80.6 Å². The standard InChI is InChI=1S/C40H28N2/c1-27-41-36-21-11-13-23-38(36)42(27)37-22-12-10-18-31(37)30-24-25-34-35(26-30)40(29-16-6-3-7-17-29)33-20-9-8-19-32(33)39(34)28-14-4-2-5-15-28/h2-26H,1H3. The van der Waals surface area contributed by atoms with Crippen LogP contribution >= 0.6 is 0 Å². The molecule has 0 unspecified atom stereocenters. The van der Waals surface area contributed by atoms with Crippen LogP contribution in [0.4, 0.5) is 0 Å². The summed E-state index contributed by atoms with van der Waals surface area (Å²) < 4.78 is 2.28. The molecular formula is C40H28N2. The Hall–Kier alpha value is -5.47. The molecule has 8 aromatic rings. The number of para-hydroxylation sites is 3. The average Bonchev–Trinajstić information content (AvgIpc) is 3.39. The van der Waals surface area contributed by atoms with Crippen molar-refractivity contribution in [1.82, 2.24) is 9.55 Å². The largest absolute Gasteiger partial charge is 0.296 e. The highest BCUT2D eigenvalue weighted by Gasteiger charge is 2.19. The van der Waals surface area contributed by atoms with E-state index in [4.69, 9.17) is 4.98 Å². The maximum atomic E-state index is 4.87. The van der Waals surface area contributed by atoms with Gasteiger partial charge in [-0.25, -0.2) is 4.98 Å². The summed E-state index contributed by atoms with van der Waals surface area (Å²) in [4.78, 5) is 4.87. The Morgan fingerprint density at radius 3 is 1.71 bits per heavy atom. The highest BCUT2D eigenvalue weighted by Crippen LogP contribution is 2.45. The molecule has 0 atom stereocenters. The van der Waals surface area contributed by atoms with Crippen LogP contribution in [-0.2, 0) is 0 Å². The van der Waals surface area contributed by atoms with Crippen LogP contribution in [0.3, 0.4) is 0 Å². The third kappa shape index (κ3) is 3.84. The first kappa shape index (κ1) is 24.3. The van der Waals surface area contributed by atoms with Crippen LogP contribution in [0.1, 0.15) is 5.82 Å². The number of aryl methyl sites for hydroxylation is 1. The number of fused-ring (bicyclic) bond motifs is 3. The van der Waals surface area contributed by atoms with Crippen molar-refractivity contribution in [1.29, 1.82) is 0 Å². The van der Waals surface area contributed by atoms with Gasteiger partial charge in [-0.3, -0.25) is 4.57 Å². The SMILES string of the molecule is Cc1nc2ccccc2n1-c1ccccc1-c1ccc2c(-c3ccccc3)c3ccccc3c(-c3ccccc3)c2c1. The molecule has 0 saturated carbocycles. The van der Waals surface area contributed by atoms with Crippen molar-refractivity contribution >= 4 is 32.6 Å². The molecule has 2 nitrogen and oxygen atoms in total. The van der Waals surface area contributed by atoms with Crippen molar-refractivity contribution in [3.05, 3.63) is 157 Å². The van der Waals surface area contributed by atoms with Gasteiger partial charge in [0, 0.05) is 5.56 Å². The quantitative estimate of drug-likeness (QED) is 0.205. The van der Waals surface area contributed by atoms with Crippen molar-refractivity contribution in [3.63, 3.8) is 0 Å². The Kier molecular flexibility index (Phi) is 5.72. The molecule has 2 heteroatoms. The fraction of sp³-hybridized carbons (Fsp3) is 0.0250. The normalized spacial score (nSPS) is 11.5. The molecule has 0 fully saturated rings. The van der Waals surface area contributed by atoms with E-state index >= 15 is 0 Å². The van der Waals surface area contributed by atoms with E-state index in [2.05, 4.69) is 157 Å². The maximum Gasteiger partial charge on any atom is 0.111 e. The second-order valence-electron chi connectivity index (χ2n) is 10.8. The van der Waals surface area contributed by atoms with E-state index in [0.717, 1.165) is 22.5 Å². The lowest BCUT2D eigenvalue weighted by atomic mass is 9.85. The minimum absolute atomic E-state index is 0.978. The molecule has 0 aliphatic carbocycles. The van der Waals surface area contributed by atoms with Gasteiger partial charge >= 0.3 is 0 Å². The Morgan fingerprint density at radius 1 is 0.452 bits per heavy atom. The van der Waals surface area contributed by atoms with E-state index < -0.39 is 0 Å². The van der Waals surface area contributed by atoms with E-state index in [1.165, 1.54) is 54.9 Å². The molecule has 0 spiro atoms. The number of aromatic nitrogens is 2. The highest BCUT2D eigenvalue weighted by molar-refractivity contribution is 6.22. The van der Waals surface area contributed by atoms with Crippen LogP contribution in [0.5, 0.6) is 0 Å². The molecule has 0 aliphatic heterocycles. The van der Waals surface area contributed by atoms with Gasteiger partial charge < -0.3 is 0 Å². The average molecular weight is 537 g/mol. The first-order chi connectivity index (χ1) is 20.8. The zero-order chi connectivity index (χ0) is 28.0. The summed E-state index contributed by atoms with van der Waals surface area (Å²) in [5, 5.41) is 5.03. The first-order valence-corrected chi connectivity index (χ1v) is 14.4. The Balaban J connectivity index is 1.47. The van der Waals surface area contributed by atoms with Crippen LogP contribution in [0.15, 0.2) is 152 Å². The number of imidazole rings is 1. The van der Waals surface area contributed by atoms with E-state index in [-0.39, 0.29) is 0 Å². The minimum atomic E-state index is 0.978. The molecule has 7 aromatic carbocycles. The van der Waals surface area contributed by atoms with Gasteiger partial charge in [0.25, 0.3) is 0 Å². The smallest absolute Gasteiger partial charge is 0.111 e. The zero-order valence-electron chi connectivity index (χ0n) is 23.3. The molecule has 8 rings (SSSR count). The molecule has 0 bridgehead atoms. The second kappa shape index (κ2) is 9.87. The number of rotatable bonds is 4. The lowest BCUT2D eigenvalue weighted by Crippen LogP contribution is -1.99. The lowest BCUT2D eigenvalue weighted by Gasteiger charge is -2.19. The summed E-state index contributed by atoms with van der Waals surface area (Å²) in [5.41, 5.74) is 10.6. The van der Waals surface area contributed by atoms with Gasteiger partial charge in [-0.2, -0.15) is 0 Å². The Bertz CT molecular complexity index is 2240. The number of hydrogen-bond donors (Lipinski definition) is 0. The summed E-state index contributed by atoms with van der Waals surface area (Å²) in [6.45, 7) is 2.09. The number of benzene rings is 7. The van der Waals surface area contributed by atoms with E-state index in [9.17, 15) is 0 Å². The monoisotopic (exact) mass is 536 g/mol. The molecule has 42 heavy (non-hydrogen) atoms. The van der Waals surface area contributed by atoms with Crippen LogP contribution in [0.25, 0.3) is 71.6 Å².